The fourth-order valence-corrected chi connectivity index (χ4v) is 2.45. The second-order valence-electron chi connectivity index (χ2n) is 5.00. The van der Waals surface area contributed by atoms with Crippen LogP contribution in [0.25, 0.3) is 0 Å². The summed E-state index contributed by atoms with van der Waals surface area (Å²) in [5, 5.41) is 0. The van der Waals surface area contributed by atoms with Crippen LogP contribution in [0.2, 0.25) is 0 Å². The molecule has 2 rings (SSSR count). The smallest absolute Gasteiger partial charge is 0.218 e. The van der Waals surface area contributed by atoms with Crippen LogP contribution in [0, 0.1) is 12.8 Å². The molecule has 1 aromatic heterocycles. The van der Waals surface area contributed by atoms with E-state index in [4.69, 9.17) is 10.5 Å². The molecular weight excluding hydrogens is 228 g/mol. The molecule has 0 bridgehead atoms. The summed E-state index contributed by atoms with van der Waals surface area (Å²) < 4.78 is 5.19. The van der Waals surface area contributed by atoms with Crippen LogP contribution in [0.3, 0.4) is 0 Å². The third kappa shape index (κ3) is 2.90. The lowest BCUT2D eigenvalue weighted by Gasteiger charge is -2.34. The largest absolute Gasteiger partial charge is 0.481 e. The van der Waals surface area contributed by atoms with Gasteiger partial charge in [-0.2, -0.15) is 4.98 Å². The number of ether oxygens (including phenoxy) is 1. The lowest BCUT2D eigenvalue weighted by atomic mass is 9.91. The second-order valence-corrected chi connectivity index (χ2v) is 5.00. The van der Waals surface area contributed by atoms with Crippen molar-refractivity contribution >= 4 is 5.82 Å². The molecule has 1 aromatic rings. The number of rotatable bonds is 3. The number of methoxy groups -OCH3 is 1. The van der Waals surface area contributed by atoms with E-state index in [0.717, 1.165) is 37.6 Å². The predicted octanol–water partition coefficient (Wildman–Crippen LogP) is 1.36. The Morgan fingerprint density at radius 1 is 1.39 bits per heavy atom. The zero-order chi connectivity index (χ0) is 13.1. The van der Waals surface area contributed by atoms with Gasteiger partial charge in [-0.25, -0.2) is 4.98 Å². The van der Waals surface area contributed by atoms with Crippen LogP contribution >= 0.6 is 0 Å². The van der Waals surface area contributed by atoms with Crippen molar-refractivity contribution in [2.24, 2.45) is 11.7 Å². The number of aromatic nitrogens is 2. The summed E-state index contributed by atoms with van der Waals surface area (Å²) >= 11 is 0. The second kappa shape index (κ2) is 5.52. The SMILES string of the molecule is COc1cc(N2CCC(C(C)N)CC2)nc(C)n1. The number of anilines is 1. The summed E-state index contributed by atoms with van der Waals surface area (Å²) in [5.41, 5.74) is 5.96. The van der Waals surface area contributed by atoms with Gasteiger partial charge >= 0.3 is 0 Å². The maximum Gasteiger partial charge on any atom is 0.218 e. The van der Waals surface area contributed by atoms with Crippen molar-refractivity contribution < 1.29 is 4.74 Å². The van der Waals surface area contributed by atoms with Gasteiger partial charge in [0.15, 0.2) is 0 Å². The highest BCUT2D eigenvalue weighted by molar-refractivity contribution is 5.42. The van der Waals surface area contributed by atoms with Gasteiger partial charge in [0.2, 0.25) is 5.88 Å². The molecule has 1 fully saturated rings. The van der Waals surface area contributed by atoms with Crippen molar-refractivity contribution in [2.45, 2.75) is 32.7 Å². The van der Waals surface area contributed by atoms with Gasteiger partial charge in [-0.15, -0.1) is 0 Å². The van der Waals surface area contributed by atoms with Crippen LogP contribution in [0.5, 0.6) is 5.88 Å². The highest BCUT2D eigenvalue weighted by Gasteiger charge is 2.23. The number of aryl methyl sites for hydroxylation is 1. The summed E-state index contributed by atoms with van der Waals surface area (Å²) in [5.74, 6) is 2.97. The van der Waals surface area contributed by atoms with Crippen LogP contribution in [0.1, 0.15) is 25.6 Å². The molecule has 2 N–H and O–H groups in total. The van der Waals surface area contributed by atoms with E-state index in [9.17, 15) is 0 Å². The first-order chi connectivity index (χ1) is 8.60. The Morgan fingerprint density at radius 3 is 2.61 bits per heavy atom. The third-order valence-electron chi connectivity index (χ3n) is 3.62. The Kier molecular flexibility index (Phi) is 4.01. The number of hydrogen-bond acceptors (Lipinski definition) is 5. The quantitative estimate of drug-likeness (QED) is 0.877. The van der Waals surface area contributed by atoms with E-state index < -0.39 is 0 Å². The van der Waals surface area contributed by atoms with Crippen molar-refractivity contribution in [3.63, 3.8) is 0 Å². The first-order valence-corrected chi connectivity index (χ1v) is 6.50. The van der Waals surface area contributed by atoms with Crippen LogP contribution in [-0.4, -0.2) is 36.2 Å². The molecule has 0 aromatic carbocycles. The number of hydrogen-bond donors (Lipinski definition) is 1. The Morgan fingerprint density at radius 2 is 2.06 bits per heavy atom. The van der Waals surface area contributed by atoms with Gasteiger partial charge in [-0.3, -0.25) is 0 Å². The summed E-state index contributed by atoms with van der Waals surface area (Å²) in [7, 11) is 1.63. The molecule has 1 unspecified atom stereocenters. The van der Waals surface area contributed by atoms with E-state index in [1.54, 1.807) is 7.11 Å². The molecule has 1 aliphatic heterocycles. The zero-order valence-electron chi connectivity index (χ0n) is 11.4. The predicted molar refractivity (Wildman–Crippen MR) is 71.9 cm³/mol. The Labute approximate surface area is 108 Å². The van der Waals surface area contributed by atoms with Crippen molar-refractivity contribution in [3.8, 4) is 5.88 Å². The average Bonchev–Trinajstić information content (AvgIpc) is 2.38. The maximum atomic E-state index is 5.96. The normalized spacial score (nSPS) is 18.8. The lowest BCUT2D eigenvalue weighted by molar-refractivity contribution is 0.352. The molecule has 0 spiro atoms. The van der Waals surface area contributed by atoms with Crippen molar-refractivity contribution in [3.05, 3.63) is 11.9 Å². The van der Waals surface area contributed by atoms with Crippen LogP contribution in [0.4, 0.5) is 5.82 Å². The first-order valence-electron chi connectivity index (χ1n) is 6.50. The van der Waals surface area contributed by atoms with Crippen molar-refractivity contribution in [1.29, 1.82) is 0 Å². The van der Waals surface area contributed by atoms with Crippen molar-refractivity contribution in [2.75, 3.05) is 25.1 Å². The lowest BCUT2D eigenvalue weighted by Crippen LogP contribution is -2.40. The Hall–Kier alpha value is -1.36. The summed E-state index contributed by atoms with van der Waals surface area (Å²) in [6.45, 7) is 6.00. The minimum absolute atomic E-state index is 0.286. The van der Waals surface area contributed by atoms with E-state index in [1.807, 2.05) is 13.0 Å². The molecule has 1 aliphatic rings. The van der Waals surface area contributed by atoms with Gasteiger partial charge in [0.05, 0.1) is 7.11 Å². The van der Waals surface area contributed by atoms with Crippen molar-refractivity contribution in [1.82, 2.24) is 9.97 Å². The summed E-state index contributed by atoms with van der Waals surface area (Å²) in [6.07, 6.45) is 2.26. The van der Waals surface area contributed by atoms with E-state index in [-0.39, 0.29) is 6.04 Å². The molecule has 0 aliphatic carbocycles. The maximum absolute atomic E-state index is 5.96. The standard InChI is InChI=1S/C13H22N4O/c1-9(14)11-4-6-17(7-5-11)12-8-13(18-3)16-10(2)15-12/h8-9,11H,4-7,14H2,1-3H3. The van der Waals surface area contributed by atoms with Gasteiger partial charge < -0.3 is 15.4 Å². The van der Waals surface area contributed by atoms with Gasteiger partial charge in [-0.05, 0) is 32.6 Å². The molecular formula is C13H22N4O. The molecule has 100 valence electrons. The third-order valence-corrected chi connectivity index (χ3v) is 3.62. The minimum atomic E-state index is 0.286. The van der Waals surface area contributed by atoms with E-state index >= 15 is 0 Å². The zero-order valence-corrected chi connectivity index (χ0v) is 11.4. The molecule has 2 heterocycles. The highest BCUT2D eigenvalue weighted by Crippen LogP contribution is 2.25. The molecule has 1 atom stereocenters. The number of nitrogens with zero attached hydrogens (tertiary/aromatic N) is 3. The van der Waals surface area contributed by atoms with Crippen LogP contribution < -0.4 is 15.4 Å². The van der Waals surface area contributed by atoms with E-state index in [0.29, 0.717) is 11.8 Å². The average molecular weight is 250 g/mol. The Balaban J connectivity index is 2.07. The van der Waals surface area contributed by atoms with Gasteiger partial charge in [-0.1, -0.05) is 0 Å². The first kappa shape index (κ1) is 13.1. The summed E-state index contributed by atoms with van der Waals surface area (Å²) in [6, 6.07) is 2.19. The highest BCUT2D eigenvalue weighted by atomic mass is 16.5. The topological polar surface area (TPSA) is 64.3 Å². The van der Waals surface area contributed by atoms with Gasteiger partial charge in [0.1, 0.15) is 11.6 Å². The monoisotopic (exact) mass is 250 g/mol. The fraction of sp³-hybridized carbons (Fsp3) is 0.692. The molecule has 5 nitrogen and oxygen atoms in total. The minimum Gasteiger partial charge on any atom is -0.481 e. The molecule has 0 saturated carbocycles. The molecule has 18 heavy (non-hydrogen) atoms. The fourth-order valence-electron chi connectivity index (χ4n) is 2.45. The Bertz CT molecular complexity index is 400. The molecule has 5 heteroatoms. The number of piperidine rings is 1. The van der Waals surface area contributed by atoms with E-state index in [2.05, 4.69) is 21.8 Å². The molecule has 0 radical (unpaired) electrons. The molecule has 1 saturated heterocycles. The van der Waals surface area contributed by atoms with Gasteiger partial charge in [0, 0.05) is 25.2 Å². The van der Waals surface area contributed by atoms with Crippen LogP contribution in [-0.2, 0) is 0 Å². The molecule has 0 amide bonds. The van der Waals surface area contributed by atoms with Gasteiger partial charge in [0.25, 0.3) is 0 Å². The number of nitrogens with two attached hydrogens (primary N) is 1. The van der Waals surface area contributed by atoms with Crippen LogP contribution in [0.15, 0.2) is 6.07 Å². The van der Waals surface area contributed by atoms with E-state index in [1.165, 1.54) is 0 Å². The summed E-state index contributed by atoms with van der Waals surface area (Å²) in [4.78, 5) is 11.0.